The van der Waals surface area contributed by atoms with Crippen molar-refractivity contribution in [1.82, 2.24) is 9.80 Å². The molecule has 1 aliphatic carbocycles. The van der Waals surface area contributed by atoms with Crippen molar-refractivity contribution in [3.8, 4) is 0 Å². The van der Waals surface area contributed by atoms with Crippen LogP contribution in [0.4, 0.5) is 9.18 Å². The van der Waals surface area contributed by atoms with Gasteiger partial charge in [0.2, 0.25) is 0 Å². The zero-order valence-electron chi connectivity index (χ0n) is 20.8. The van der Waals surface area contributed by atoms with Crippen molar-refractivity contribution in [2.24, 2.45) is 16.6 Å². The van der Waals surface area contributed by atoms with E-state index < -0.39 is 5.60 Å². The van der Waals surface area contributed by atoms with E-state index in [-0.39, 0.29) is 23.9 Å². The van der Waals surface area contributed by atoms with Gasteiger partial charge < -0.3 is 20.3 Å². The first-order valence-electron chi connectivity index (χ1n) is 12.0. The molecule has 0 saturated carbocycles. The summed E-state index contributed by atoms with van der Waals surface area (Å²) in [5.41, 5.74) is 10.3. The molecule has 7 heteroatoms. The quantitative estimate of drug-likeness (QED) is 0.680. The van der Waals surface area contributed by atoms with Crippen LogP contribution >= 0.6 is 0 Å². The van der Waals surface area contributed by atoms with Gasteiger partial charge in [-0.15, -0.1) is 0 Å². The maximum atomic E-state index is 14.8. The zero-order valence-corrected chi connectivity index (χ0v) is 20.8. The molecule has 1 fully saturated rings. The van der Waals surface area contributed by atoms with Crippen LogP contribution in [-0.2, 0) is 4.74 Å². The Kier molecular flexibility index (Phi) is 6.56. The van der Waals surface area contributed by atoms with Crippen LogP contribution in [0.3, 0.4) is 0 Å². The van der Waals surface area contributed by atoms with Crippen LogP contribution in [0.15, 0.2) is 52.4 Å². The lowest BCUT2D eigenvalue weighted by Crippen LogP contribution is -2.47. The number of carbonyl (C=O) groups is 1. The molecule has 2 aliphatic heterocycles. The predicted octanol–water partition coefficient (Wildman–Crippen LogP) is 5.01. The molecule has 0 radical (unpaired) electrons. The van der Waals surface area contributed by atoms with Crippen LogP contribution in [0.5, 0.6) is 0 Å². The summed E-state index contributed by atoms with van der Waals surface area (Å²) in [6.07, 6.45) is 8.00. The summed E-state index contributed by atoms with van der Waals surface area (Å²) in [6, 6.07) is 5.33. The van der Waals surface area contributed by atoms with Gasteiger partial charge in [0.15, 0.2) is 0 Å². The van der Waals surface area contributed by atoms with Gasteiger partial charge in [0.1, 0.15) is 17.2 Å². The minimum atomic E-state index is -0.517. The minimum Gasteiger partial charge on any atom is -0.444 e. The third kappa shape index (κ3) is 5.03. The van der Waals surface area contributed by atoms with Crippen molar-refractivity contribution in [3.05, 3.63) is 64.4 Å². The molecule has 6 nitrogen and oxygen atoms in total. The number of halogens is 1. The highest BCUT2D eigenvalue weighted by atomic mass is 19.1. The van der Waals surface area contributed by atoms with Crippen LogP contribution in [-0.4, -0.2) is 53.9 Å². The first-order valence-corrected chi connectivity index (χ1v) is 12.0. The number of amides is 1. The maximum absolute atomic E-state index is 14.8. The monoisotopic (exact) mass is 466 g/mol. The van der Waals surface area contributed by atoms with E-state index in [1.165, 1.54) is 6.07 Å². The number of nitrogens with two attached hydrogens (primary N) is 1. The number of carbonyl (C=O) groups excluding carboxylic acids is 1. The van der Waals surface area contributed by atoms with Gasteiger partial charge in [-0.25, -0.2) is 14.2 Å². The Morgan fingerprint density at radius 1 is 1.24 bits per heavy atom. The van der Waals surface area contributed by atoms with Crippen molar-refractivity contribution in [2.75, 3.05) is 20.1 Å². The zero-order chi connectivity index (χ0) is 24.6. The van der Waals surface area contributed by atoms with E-state index in [2.05, 4.69) is 16.0 Å². The molecule has 1 amide bonds. The number of aryl methyl sites for hydroxylation is 1. The second-order valence-electron chi connectivity index (χ2n) is 10.4. The van der Waals surface area contributed by atoms with Crippen LogP contribution in [0.25, 0.3) is 5.57 Å². The highest BCUT2D eigenvalue weighted by Crippen LogP contribution is 2.40. The second kappa shape index (κ2) is 9.28. The second-order valence-corrected chi connectivity index (χ2v) is 10.4. The summed E-state index contributed by atoms with van der Waals surface area (Å²) in [6.45, 7) is 9.15. The molecule has 1 saturated heterocycles. The lowest BCUT2D eigenvalue weighted by atomic mass is 9.80. The van der Waals surface area contributed by atoms with E-state index >= 15 is 0 Å². The topological polar surface area (TPSA) is 71.2 Å². The highest BCUT2D eigenvalue weighted by molar-refractivity contribution is 5.81. The Balaban J connectivity index is 1.59. The van der Waals surface area contributed by atoms with E-state index in [1.807, 2.05) is 53.1 Å². The molecule has 0 aromatic heterocycles. The number of fused-ring (bicyclic) bond motifs is 1. The van der Waals surface area contributed by atoms with Crippen LogP contribution < -0.4 is 5.73 Å². The van der Waals surface area contributed by atoms with Gasteiger partial charge in [0, 0.05) is 49.6 Å². The number of nitrogens with zero attached hydrogens (tertiary/aromatic N) is 3. The summed E-state index contributed by atoms with van der Waals surface area (Å²) in [5, 5.41) is 0. The average molecular weight is 467 g/mol. The molecule has 4 rings (SSSR count). The number of piperidine rings is 1. The molecule has 34 heavy (non-hydrogen) atoms. The molecule has 2 heterocycles. The van der Waals surface area contributed by atoms with Crippen LogP contribution in [0, 0.1) is 18.7 Å². The number of rotatable bonds is 3. The minimum absolute atomic E-state index is 0.0588. The van der Waals surface area contributed by atoms with Crippen molar-refractivity contribution in [1.29, 1.82) is 0 Å². The number of aliphatic imine (C=N–C) groups is 1. The molecule has 0 spiro atoms. The smallest absolute Gasteiger partial charge is 0.410 e. The summed E-state index contributed by atoms with van der Waals surface area (Å²) in [4.78, 5) is 20.9. The van der Waals surface area contributed by atoms with Gasteiger partial charge in [-0.1, -0.05) is 12.1 Å². The van der Waals surface area contributed by atoms with E-state index in [0.717, 1.165) is 48.3 Å². The molecule has 1 aromatic carbocycles. The van der Waals surface area contributed by atoms with Gasteiger partial charge in [0.05, 0.1) is 0 Å². The summed E-state index contributed by atoms with van der Waals surface area (Å²) in [5.74, 6) is 0.347. The highest BCUT2D eigenvalue weighted by Gasteiger charge is 2.33. The largest absolute Gasteiger partial charge is 0.444 e. The Bertz CT molecular complexity index is 1070. The van der Waals surface area contributed by atoms with Gasteiger partial charge in [-0.05, 0) is 81.9 Å². The van der Waals surface area contributed by atoms with Crippen molar-refractivity contribution < 1.29 is 13.9 Å². The van der Waals surface area contributed by atoms with Gasteiger partial charge >= 0.3 is 6.09 Å². The van der Waals surface area contributed by atoms with E-state index in [0.29, 0.717) is 17.8 Å². The van der Waals surface area contributed by atoms with Crippen molar-refractivity contribution >= 4 is 17.9 Å². The maximum Gasteiger partial charge on any atom is 0.410 e. The van der Waals surface area contributed by atoms with Crippen molar-refractivity contribution in [2.45, 2.75) is 58.6 Å². The summed E-state index contributed by atoms with van der Waals surface area (Å²) < 4.78 is 20.4. The molecule has 1 atom stereocenters. The molecular weight excluding hydrogens is 431 g/mol. The lowest BCUT2D eigenvalue weighted by Gasteiger charge is -2.41. The Labute approximate surface area is 201 Å². The number of hydrogen-bond donors (Lipinski definition) is 1. The Morgan fingerprint density at radius 3 is 2.59 bits per heavy atom. The molecule has 3 aliphatic rings. The van der Waals surface area contributed by atoms with Crippen molar-refractivity contribution in [3.63, 3.8) is 0 Å². The SMILES string of the molecule is Cc1cccc(F)c1C1=CC(N2CCC(N(C)C(=O)OC(C)(C)C)CC2)=C2C=C(N)N=CC2C1. The van der Waals surface area contributed by atoms with E-state index in [1.54, 1.807) is 11.0 Å². The summed E-state index contributed by atoms with van der Waals surface area (Å²) in [7, 11) is 1.81. The lowest BCUT2D eigenvalue weighted by molar-refractivity contribution is 0.0166. The Morgan fingerprint density at radius 2 is 1.94 bits per heavy atom. The van der Waals surface area contributed by atoms with Gasteiger partial charge in [-0.2, -0.15) is 0 Å². The fourth-order valence-corrected chi connectivity index (χ4v) is 4.99. The number of benzene rings is 1. The normalized spacial score (nSPS) is 21.1. The number of likely N-dealkylation sites (tertiary alicyclic amines) is 1. The third-order valence-electron chi connectivity index (χ3n) is 6.73. The molecular formula is C27H35FN4O2. The van der Waals surface area contributed by atoms with Crippen LogP contribution in [0.2, 0.25) is 0 Å². The standard InChI is InChI=1S/C27H35FN4O2/c1-17-7-6-8-22(28)25(17)18-13-19-16-30-24(29)15-21(19)23(14-18)32-11-9-20(10-12-32)31(5)26(33)34-27(2,3)4/h6-8,14-16,19-20H,9-13,29H2,1-5H3. The van der Waals surface area contributed by atoms with E-state index in [4.69, 9.17) is 10.5 Å². The average Bonchev–Trinajstić information content (AvgIpc) is 2.77. The fourth-order valence-electron chi connectivity index (χ4n) is 4.99. The molecule has 2 N–H and O–H groups in total. The van der Waals surface area contributed by atoms with Gasteiger partial charge in [0.25, 0.3) is 0 Å². The number of hydrogen-bond acceptors (Lipinski definition) is 5. The first-order chi connectivity index (χ1) is 16.0. The fraction of sp³-hybridized carbons (Fsp3) is 0.481. The number of allylic oxidation sites excluding steroid dienone is 4. The predicted molar refractivity (Wildman–Crippen MR) is 134 cm³/mol. The first kappa shape index (κ1) is 24.0. The Hall–Kier alpha value is -3.09. The molecule has 1 unspecified atom stereocenters. The van der Waals surface area contributed by atoms with Crippen LogP contribution in [0.1, 0.15) is 51.2 Å². The third-order valence-corrected chi connectivity index (χ3v) is 6.73. The number of ether oxygens (including phenoxy) is 1. The van der Waals surface area contributed by atoms with Gasteiger partial charge in [-0.3, -0.25) is 0 Å². The molecule has 1 aromatic rings. The molecule has 182 valence electrons. The summed E-state index contributed by atoms with van der Waals surface area (Å²) >= 11 is 0. The van der Waals surface area contributed by atoms with E-state index in [9.17, 15) is 9.18 Å². The molecule has 0 bridgehead atoms.